The molecule has 2 atom stereocenters. The van der Waals surface area contributed by atoms with Crippen LogP contribution in [0.3, 0.4) is 0 Å². The molecule has 3 N–H and O–H groups in total. The normalized spacial score (nSPS) is 16.9. The number of rotatable bonds is 17. The first-order valence-corrected chi connectivity index (χ1v) is 18.5. The number of hydrogen-bond acceptors (Lipinski definition) is 8. The first kappa shape index (κ1) is 40.8. The number of hydrogen-bond donors (Lipinski definition) is 3. The van der Waals surface area contributed by atoms with Crippen LogP contribution >= 0.6 is 0 Å². The maximum Gasteiger partial charge on any atom is 0.410 e. The van der Waals surface area contributed by atoms with E-state index in [-0.39, 0.29) is 38.2 Å². The minimum atomic E-state index is -1.23. The van der Waals surface area contributed by atoms with Crippen molar-refractivity contribution in [3.63, 3.8) is 0 Å². The van der Waals surface area contributed by atoms with Gasteiger partial charge in [-0.2, -0.15) is 0 Å². The number of likely N-dealkylation sites (N-methyl/N-ethyl adjacent to an activating group) is 1. The highest BCUT2D eigenvalue weighted by atomic mass is 16.6. The molecule has 12 heteroatoms. The molecule has 1 aromatic carbocycles. The highest BCUT2D eigenvalue weighted by molar-refractivity contribution is 5.92. The molecule has 280 valence electrons. The summed E-state index contributed by atoms with van der Waals surface area (Å²) in [6.07, 6.45) is 8.98. The lowest BCUT2D eigenvalue weighted by molar-refractivity contribution is -0.148. The van der Waals surface area contributed by atoms with Crippen LogP contribution in [-0.2, 0) is 35.3 Å². The number of ether oxygens (including phenoxy) is 2. The monoisotopic (exact) mass is 700 g/mol. The minimum absolute atomic E-state index is 0.0316. The maximum absolute atomic E-state index is 13.4. The molecular formula is C38H60N4O8. The zero-order valence-corrected chi connectivity index (χ0v) is 30.6. The molecule has 2 fully saturated rings. The van der Waals surface area contributed by atoms with E-state index in [0.29, 0.717) is 44.3 Å². The summed E-state index contributed by atoms with van der Waals surface area (Å²) in [5.74, 6) is -1.14. The van der Waals surface area contributed by atoms with Crippen LogP contribution in [0.5, 0.6) is 0 Å². The predicted octanol–water partition coefficient (Wildman–Crippen LogP) is 4.72. The SMILES string of the molecule is CCN(CC(=O)N[C@@H](CC(=O)OCc1ccccc1)C(=O)N[C@H](CO)CC1CCCCC1)C(=O)CCCC1CCN(C(=O)OC(C)(C)C)CC1. The zero-order chi connectivity index (χ0) is 36.5. The summed E-state index contributed by atoms with van der Waals surface area (Å²) in [7, 11) is 0. The highest BCUT2D eigenvalue weighted by Crippen LogP contribution is 2.27. The van der Waals surface area contributed by atoms with Crippen molar-refractivity contribution in [2.24, 2.45) is 11.8 Å². The van der Waals surface area contributed by atoms with E-state index in [1.165, 1.54) is 11.3 Å². The Kier molecular flexibility index (Phi) is 17.0. The van der Waals surface area contributed by atoms with Gasteiger partial charge in [0.25, 0.3) is 0 Å². The van der Waals surface area contributed by atoms with E-state index in [2.05, 4.69) is 10.6 Å². The van der Waals surface area contributed by atoms with Gasteiger partial charge in [-0.15, -0.1) is 0 Å². The largest absolute Gasteiger partial charge is 0.461 e. The minimum Gasteiger partial charge on any atom is -0.461 e. The van der Waals surface area contributed by atoms with Gasteiger partial charge in [0.05, 0.1) is 25.6 Å². The maximum atomic E-state index is 13.4. The van der Waals surface area contributed by atoms with Gasteiger partial charge in [-0.1, -0.05) is 62.4 Å². The smallest absolute Gasteiger partial charge is 0.410 e. The van der Waals surface area contributed by atoms with Gasteiger partial charge >= 0.3 is 12.1 Å². The zero-order valence-electron chi connectivity index (χ0n) is 30.6. The van der Waals surface area contributed by atoms with Gasteiger partial charge in [0.2, 0.25) is 17.7 Å². The van der Waals surface area contributed by atoms with Crippen LogP contribution in [0.4, 0.5) is 4.79 Å². The molecule has 4 amide bonds. The van der Waals surface area contributed by atoms with Crippen LogP contribution in [-0.4, -0.2) is 95.2 Å². The molecule has 1 heterocycles. The fourth-order valence-corrected chi connectivity index (χ4v) is 6.70. The number of esters is 1. The second-order valence-corrected chi connectivity index (χ2v) is 14.8. The van der Waals surface area contributed by atoms with Crippen molar-refractivity contribution < 1.29 is 38.6 Å². The third kappa shape index (κ3) is 15.1. The third-order valence-electron chi connectivity index (χ3n) is 9.51. The molecule has 1 saturated carbocycles. The summed E-state index contributed by atoms with van der Waals surface area (Å²) < 4.78 is 10.9. The number of nitrogens with one attached hydrogen (secondary N) is 2. The molecule has 0 bridgehead atoms. The fraction of sp³-hybridized carbons (Fsp3) is 0.711. The van der Waals surface area contributed by atoms with Crippen LogP contribution in [0, 0.1) is 11.8 Å². The van der Waals surface area contributed by atoms with Crippen molar-refractivity contribution in [1.29, 1.82) is 0 Å². The molecule has 0 radical (unpaired) electrons. The molecular weight excluding hydrogens is 640 g/mol. The second-order valence-electron chi connectivity index (χ2n) is 14.8. The van der Waals surface area contributed by atoms with Gasteiger partial charge in [0.15, 0.2) is 0 Å². The van der Waals surface area contributed by atoms with Crippen molar-refractivity contribution in [1.82, 2.24) is 20.4 Å². The Bertz CT molecular complexity index is 1220. The number of likely N-dealkylation sites (tertiary alicyclic amines) is 1. The number of carbonyl (C=O) groups is 5. The number of benzene rings is 1. The summed E-state index contributed by atoms with van der Waals surface area (Å²) in [6, 6.07) is 7.44. The van der Waals surface area contributed by atoms with E-state index in [1.807, 2.05) is 51.1 Å². The van der Waals surface area contributed by atoms with E-state index in [9.17, 15) is 29.1 Å². The number of aliphatic hydroxyl groups excluding tert-OH is 1. The standard InChI is InChI=1S/C38H60N4O8/c1-5-41(34(45)18-12-17-28-19-21-42(22-20-28)37(48)50-38(2,3)4)25-33(44)40-32(24-35(46)49-27-30-15-10-7-11-16-30)36(47)39-31(26-43)23-29-13-8-6-9-14-29/h7,10-11,15-16,28-29,31-32,43H,5-6,8-9,12-14,17-27H2,1-4H3,(H,39,47)(H,40,44)/t31-,32-/m0/s1. The predicted molar refractivity (Wildman–Crippen MR) is 190 cm³/mol. The van der Waals surface area contributed by atoms with Crippen molar-refractivity contribution in [2.75, 3.05) is 32.8 Å². The van der Waals surface area contributed by atoms with Crippen molar-refractivity contribution in [3.05, 3.63) is 35.9 Å². The average Bonchev–Trinajstić information content (AvgIpc) is 3.09. The van der Waals surface area contributed by atoms with Crippen molar-refractivity contribution in [2.45, 2.75) is 129 Å². The molecule has 1 aliphatic carbocycles. The summed E-state index contributed by atoms with van der Waals surface area (Å²) >= 11 is 0. The number of nitrogens with zero attached hydrogens (tertiary/aromatic N) is 2. The number of piperidine rings is 1. The molecule has 1 aliphatic heterocycles. The Labute approximate surface area is 298 Å². The lowest BCUT2D eigenvalue weighted by Crippen LogP contribution is -2.53. The van der Waals surface area contributed by atoms with Gasteiger partial charge in [-0.05, 0) is 77.2 Å². The third-order valence-corrected chi connectivity index (χ3v) is 9.51. The average molecular weight is 701 g/mol. The lowest BCUT2D eigenvalue weighted by Gasteiger charge is -2.33. The van der Waals surface area contributed by atoms with Crippen LogP contribution < -0.4 is 10.6 Å². The highest BCUT2D eigenvalue weighted by Gasteiger charge is 2.30. The van der Waals surface area contributed by atoms with E-state index in [4.69, 9.17) is 9.47 Å². The Morgan fingerprint density at radius 1 is 0.960 bits per heavy atom. The van der Waals surface area contributed by atoms with Gasteiger partial charge in [-0.25, -0.2) is 4.79 Å². The summed E-state index contributed by atoms with van der Waals surface area (Å²) in [5.41, 5.74) is 0.261. The molecule has 50 heavy (non-hydrogen) atoms. The molecule has 0 unspecified atom stereocenters. The lowest BCUT2D eigenvalue weighted by atomic mass is 9.85. The van der Waals surface area contributed by atoms with Gasteiger partial charge in [-0.3, -0.25) is 19.2 Å². The van der Waals surface area contributed by atoms with E-state index >= 15 is 0 Å². The quantitative estimate of drug-likeness (QED) is 0.197. The van der Waals surface area contributed by atoms with E-state index in [0.717, 1.165) is 50.5 Å². The Morgan fingerprint density at radius 3 is 2.26 bits per heavy atom. The second kappa shape index (κ2) is 20.9. The first-order chi connectivity index (χ1) is 23.9. The summed E-state index contributed by atoms with van der Waals surface area (Å²) in [4.78, 5) is 68.2. The summed E-state index contributed by atoms with van der Waals surface area (Å²) in [6.45, 7) is 8.44. The Morgan fingerprint density at radius 2 is 1.64 bits per heavy atom. The topological polar surface area (TPSA) is 155 Å². The van der Waals surface area contributed by atoms with Gasteiger partial charge in [0, 0.05) is 26.1 Å². The van der Waals surface area contributed by atoms with Crippen LogP contribution in [0.25, 0.3) is 0 Å². The molecule has 3 rings (SSSR count). The molecule has 1 saturated heterocycles. The Balaban J connectivity index is 1.51. The number of aliphatic hydroxyl groups is 1. The van der Waals surface area contributed by atoms with Gasteiger partial charge < -0.3 is 35.0 Å². The molecule has 0 aromatic heterocycles. The van der Waals surface area contributed by atoms with E-state index < -0.39 is 41.9 Å². The van der Waals surface area contributed by atoms with Crippen molar-refractivity contribution >= 4 is 29.8 Å². The summed E-state index contributed by atoms with van der Waals surface area (Å²) in [5, 5.41) is 15.5. The molecule has 2 aliphatic rings. The Hall–Kier alpha value is -3.67. The number of carbonyl (C=O) groups excluding carboxylic acids is 5. The van der Waals surface area contributed by atoms with Gasteiger partial charge in [0.1, 0.15) is 18.2 Å². The molecule has 0 spiro atoms. The molecule has 12 nitrogen and oxygen atoms in total. The number of amides is 4. The van der Waals surface area contributed by atoms with E-state index in [1.54, 1.807) is 11.8 Å². The van der Waals surface area contributed by atoms with Crippen LogP contribution in [0.2, 0.25) is 0 Å². The molecule has 1 aromatic rings. The van der Waals surface area contributed by atoms with Crippen molar-refractivity contribution in [3.8, 4) is 0 Å². The van der Waals surface area contributed by atoms with Crippen LogP contribution in [0.15, 0.2) is 30.3 Å². The van der Waals surface area contributed by atoms with Crippen LogP contribution in [0.1, 0.15) is 110 Å². The fourth-order valence-electron chi connectivity index (χ4n) is 6.70. The first-order valence-electron chi connectivity index (χ1n) is 18.5.